The fourth-order valence-electron chi connectivity index (χ4n) is 5.12. The van der Waals surface area contributed by atoms with Crippen LogP contribution in [-0.2, 0) is 18.3 Å². The molecule has 0 bridgehead atoms. The maximum atomic E-state index is 13.3. The highest BCUT2D eigenvalue weighted by molar-refractivity contribution is 6.05. The van der Waals surface area contributed by atoms with Gasteiger partial charge in [0.15, 0.2) is 5.78 Å². The number of aromatic nitrogens is 2. The molecule has 0 radical (unpaired) electrons. The number of hydrogen-bond donors (Lipinski definition) is 1. The van der Waals surface area contributed by atoms with E-state index in [1.807, 2.05) is 29.3 Å². The molecule has 1 saturated heterocycles. The highest BCUT2D eigenvalue weighted by Gasteiger charge is 2.45. The molecule has 138 valence electrons. The minimum absolute atomic E-state index is 0.0381. The number of nitrogen functional groups attached to an aromatic ring is 1. The summed E-state index contributed by atoms with van der Waals surface area (Å²) < 4.78 is 0. The molecule has 6 heteroatoms. The average molecular weight is 362 g/mol. The molecule has 1 aromatic carbocycles. The summed E-state index contributed by atoms with van der Waals surface area (Å²) in [5.41, 5.74) is 10.2. The van der Waals surface area contributed by atoms with Gasteiger partial charge in [0.1, 0.15) is 0 Å². The van der Waals surface area contributed by atoms with Gasteiger partial charge in [-0.1, -0.05) is 12.1 Å². The Morgan fingerprint density at radius 2 is 2.07 bits per heavy atom. The molecule has 1 atom stereocenters. The van der Waals surface area contributed by atoms with E-state index in [9.17, 15) is 9.59 Å². The van der Waals surface area contributed by atoms with Gasteiger partial charge >= 0.3 is 0 Å². The van der Waals surface area contributed by atoms with Gasteiger partial charge in [-0.3, -0.25) is 9.59 Å². The van der Waals surface area contributed by atoms with Gasteiger partial charge in [0.25, 0.3) is 5.91 Å². The number of nitrogens with zero attached hydrogens (tertiary/aromatic N) is 3. The summed E-state index contributed by atoms with van der Waals surface area (Å²) in [5, 5.41) is 0. The number of benzene rings is 1. The zero-order valence-corrected chi connectivity index (χ0v) is 15.2. The van der Waals surface area contributed by atoms with Crippen molar-refractivity contribution in [3.05, 3.63) is 52.3 Å². The van der Waals surface area contributed by atoms with Crippen LogP contribution < -0.4 is 5.73 Å². The lowest BCUT2D eigenvalue weighted by atomic mass is 9.77. The van der Waals surface area contributed by atoms with Crippen LogP contribution in [0.25, 0.3) is 0 Å². The fraction of sp³-hybridized carbons (Fsp3) is 0.429. The predicted octanol–water partition coefficient (Wildman–Crippen LogP) is 2.31. The number of piperidine rings is 1. The largest absolute Gasteiger partial charge is 0.368 e. The molecule has 2 heterocycles. The van der Waals surface area contributed by atoms with Crippen LogP contribution in [0.1, 0.15) is 63.2 Å². The predicted molar refractivity (Wildman–Crippen MR) is 101 cm³/mol. The summed E-state index contributed by atoms with van der Waals surface area (Å²) in [6, 6.07) is 5.53. The lowest BCUT2D eigenvalue weighted by molar-refractivity contribution is 0.0632. The summed E-state index contributed by atoms with van der Waals surface area (Å²) in [4.78, 5) is 36.0. The van der Waals surface area contributed by atoms with Crippen LogP contribution >= 0.6 is 0 Å². The number of fused-ring (bicyclic) bond motifs is 3. The van der Waals surface area contributed by atoms with Crippen LogP contribution in [0, 0.1) is 0 Å². The van der Waals surface area contributed by atoms with Crippen molar-refractivity contribution < 1.29 is 9.59 Å². The Hall–Kier alpha value is -2.76. The van der Waals surface area contributed by atoms with Gasteiger partial charge in [0.2, 0.25) is 5.95 Å². The van der Waals surface area contributed by atoms with Gasteiger partial charge in [-0.2, -0.15) is 0 Å². The molecule has 1 fully saturated rings. The molecule has 5 rings (SSSR count). The maximum absolute atomic E-state index is 13.3. The van der Waals surface area contributed by atoms with E-state index in [1.165, 1.54) is 0 Å². The molecule has 3 aliphatic rings. The molecule has 27 heavy (non-hydrogen) atoms. The van der Waals surface area contributed by atoms with Crippen molar-refractivity contribution >= 4 is 17.6 Å². The molecule has 2 aliphatic carbocycles. The summed E-state index contributed by atoms with van der Waals surface area (Å²) in [6.07, 6.45) is 6.90. The van der Waals surface area contributed by atoms with Crippen LogP contribution in [0.4, 0.5) is 5.95 Å². The summed E-state index contributed by atoms with van der Waals surface area (Å²) in [5.74, 6) is 0.487. The smallest absolute Gasteiger partial charge is 0.254 e. The third-order valence-electron chi connectivity index (χ3n) is 6.43. The van der Waals surface area contributed by atoms with Gasteiger partial charge in [0, 0.05) is 42.2 Å². The normalized spacial score (nSPS) is 23.6. The van der Waals surface area contributed by atoms with Crippen LogP contribution in [0.5, 0.6) is 0 Å². The molecule has 1 aromatic heterocycles. The number of rotatable bonds is 1. The van der Waals surface area contributed by atoms with Crippen molar-refractivity contribution in [2.75, 3.05) is 18.8 Å². The van der Waals surface area contributed by atoms with Crippen molar-refractivity contribution in [2.24, 2.45) is 0 Å². The molecule has 2 N–H and O–H groups in total. The number of anilines is 1. The van der Waals surface area contributed by atoms with Crippen molar-refractivity contribution in [1.29, 1.82) is 0 Å². The van der Waals surface area contributed by atoms with Crippen LogP contribution in [0.3, 0.4) is 0 Å². The second-order valence-electron chi connectivity index (χ2n) is 7.97. The quantitative estimate of drug-likeness (QED) is 0.841. The lowest BCUT2D eigenvalue weighted by Gasteiger charge is -2.40. The van der Waals surface area contributed by atoms with E-state index in [0.717, 1.165) is 54.6 Å². The summed E-state index contributed by atoms with van der Waals surface area (Å²) in [6.45, 7) is 1.40. The van der Waals surface area contributed by atoms with Gasteiger partial charge in [-0.15, -0.1) is 0 Å². The second kappa shape index (κ2) is 5.87. The number of carbonyl (C=O) groups is 2. The van der Waals surface area contributed by atoms with E-state index >= 15 is 0 Å². The number of ketones is 1. The van der Waals surface area contributed by atoms with Gasteiger partial charge in [-0.25, -0.2) is 9.97 Å². The molecule has 0 saturated carbocycles. The summed E-state index contributed by atoms with van der Waals surface area (Å²) in [7, 11) is 0. The first kappa shape index (κ1) is 16.4. The minimum atomic E-state index is -0.117. The van der Waals surface area contributed by atoms with E-state index in [-0.39, 0.29) is 17.1 Å². The lowest BCUT2D eigenvalue weighted by Crippen LogP contribution is -2.48. The fourth-order valence-corrected chi connectivity index (χ4v) is 5.12. The van der Waals surface area contributed by atoms with Crippen molar-refractivity contribution in [1.82, 2.24) is 14.9 Å². The molecule has 1 spiro atoms. The van der Waals surface area contributed by atoms with E-state index < -0.39 is 0 Å². The van der Waals surface area contributed by atoms with Crippen LogP contribution in [-0.4, -0.2) is 39.6 Å². The minimum Gasteiger partial charge on any atom is -0.368 e. The highest BCUT2D eigenvalue weighted by Crippen LogP contribution is 2.44. The van der Waals surface area contributed by atoms with Gasteiger partial charge < -0.3 is 10.6 Å². The van der Waals surface area contributed by atoms with E-state index in [4.69, 9.17) is 5.73 Å². The number of Topliss-reactive ketones (excluding diaryl/α,β-unsaturated/α-hetero) is 1. The second-order valence-corrected chi connectivity index (χ2v) is 7.97. The highest BCUT2D eigenvalue weighted by atomic mass is 16.2. The third-order valence-corrected chi connectivity index (χ3v) is 6.43. The Morgan fingerprint density at radius 1 is 1.19 bits per heavy atom. The standard InChI is InChI=1S/C21H22N4O2/c22-20-23-11-13-7-9-21(18(13)24-20)8-2-10-25(12-21)19(27)16-4-1-3-15-14(16)5-6-17(15)26/h1,3-4,11H,2,5-10,12H2,(H2,22,23,24). The SMILES string of the molecule is Nc1ncc2c(n1)C1(CCCN(C(=O)c3cccc4c3CCC4=O)C1)CC2. The first-order valence-electron chi connectivity index (χ1n) is 9.64. The van der Waals surface area contributed by atoms with E-state index in [2.05, 4.69) is 9.97 Å². The zero-order valence-electron chi connectivity index (χ0n) is 15.2. The Bertz CT molecular complexity index is 967. The molecular formula is C21H22N4O2. The number of hydrogen-bond acceptors (Lipinski definition) is 5. The number of nitrogens with two attached hydrogens (primary N) is 1. The van der Waals surface area contributed by atoms with Crippen molar-refractivity contribution in [3.8, 4) is 0 Å². The maximum Gasteiger partial charge on any atom is 0.254 e. The Balaban J connectivity index is 1.48. The first-order chi connectivity index (χ1) is 13.1. The van der Waals surface area contributed by atoms with Crippen molar-refractivity contribution in [3.63, 3.8) is 0 Å². The monoisotopic (exact) mass is 362 g/mol. The number of aryl methyl sites for hydroxylation is 1. The Morgan fingerprint density at radius 3 is 2.96 bits per heavy atom. The van der Waals surface area contributed by atoms with Gasteiger partial charge in [0.05, 0.1) is 5.69 Å². The van der Waals surface area contributed by atoms with Gasteiger partial charge in [-0.05, 0) is 49.3 Å². The van der Waals surface area contributed by atoms with E-state index in [1.54, 1.807) is 0 Å². The van der Waals surface area contributed by atoms with E-state index in [0.29, 0.717) is 30.9 Å². The molecule has 6 nitrogen and oxygen atoms in total. The topological polar surface area (TPSA) is 89.2 Å². The molecule has 1 amide bonds. The molecule has 1 aliphatic heterocycles. The number of amides is 1. The average Bonchev–Trinajstić information content (AvgIpc) is 3.23. The zero-order chi connectivity index (χ0) is 18.6. The Kier molecular flexibility index (Phi) is 3.57. The number of likely N-dealkylation sites (tertiary alicyclic amines) is 1. The van der Waals surface area contributed by atoms with Crippen LogP contribution in [0.2, 0.25) is 0 Å². The molecule has 2 aromatic rings. The summed E-state index contributed by atoms with van der Waals surface area (Å²) >= 11 is 0. The first-order valence-corrected chi connectivity index (χ1v) is 9.64. The third kappa shape index (κ3) is 2.46. The molecule has 1 unspecified atom stereocenters. The molecular weight excluding hydrogens is 340 g/mol. The number of carbonyl (C=O) groups excluding carboxylic acids is 2. The van der Waals surface area contributed by atoms with Crippen LogP contribution in [0.15, 0.2) is 24.4 Å². The Labute approximate surface area is 157 Å². The van der Waals surface area contributed by atoms with Crippen molar-refractivity contribution in [2.45, 2.75) is 43.9 Å².